The van der Waals surface area contributed by atoms with E-state index in [-0.39, 0.29) is 17.6 Å². The highest BCUT2D eigenvalue weighted by atomic mass is 32.1. The zero-order chi connectivity index (χ0) is 21.1. The standard InChI is InChI=1S/C21H24FN5O2S/c1-14(2)19-18(11-23-27(19)17-5-3-15(22)4-6-17)20(28)25-21-24-16(13-30-21)12-26-7-9-29-10-8-26/h3-6,11,13-14H,7-10,12H2,1-2H3,(H,24,25,28). The molecule has 9 heteroatoms. The van der Waals surface area contributed by atoms with Crippen LogP contribution in [0.2, 0.25) is 0 Å². The van der Waals surface area contributed by atoms with Crippen LogP contribution in [0.3, 0.4) is 0 Å². The fraction of sp³-hybridized carbons (Fsp3) is 0.381. The van der Waals surface area contributed by atoms with Gasteiger partial charge in [0, 0.05) is 25.0 Å². The molecule has 0 bridgehead atoms. The molecule has 2 aromatic heterocycles. The molecule has 1 N–H and O–H groups in total. The van der Waals surface area contributed by atoms with E-state index in [4.69, 9.17) is 4.74 Å². The van der Waals surface area contributed by atoms with Crippen LogP contribution in [0.15, 0.2) is 35.8 Å². The number of ether oxygens (including phenoxy) is 1. The molecule has 1 fully saturated rings. The smallest absolute Gasteiger partial charge is 0.260 e. The van der Waals surface area contributed by atoms with Crippen molar-refractivity contribution in [2.24, 2.45) is 0 Å². The number of benzene rings is 1. The maximum Gasteiger partial charge on any atom is 0.260 e. The third-order valence-corrected chi connectivity index (χ3v) is 5.74. The summed E-state index contributed by atoms with van der Waals surface area (Å²) in [7, 11) is 0. The summed E-state index contributed by atoms with van der Waals surface area (Å²) in [5.41, 5.74) is 2.90. The minimum absolute atomic E-state index is 0.0477. The van der Waals surface area contributed by atoms with Crippen molar-refractivity contribution in [1.29, 1.82) is 0 Å². The van der Waals surface area contributed by atoms with Gasteiger partial charge in [-0.05, 0) is 30.2 Å². The van der Waals surface area contributed by atoms with E-state index in [1.54, 1.807) is 23.0 Å². The molecule has 158 valence electrons. The lowest BCUT2D eigenvalue weighted by atomic mass is 10.1. The molecular weight excluding hydrogens is 405 g/mol. The van der Waals surface area contributed by atoms with Crippen LogP contribution in [0.4, 0.5) is 9.52 Å². The topological polar surface area (TPSA) is 72.3 Å². The number of carbonyl (C=O) groups excluding carboxylic acids is 1. The SMILES string of the molecule is CC(C)c1c(C(=O)Nc2nc(CN3CCOCC3)cs2)cnn1-c1ccc(F)cc1. The van der Waals surface area contributed by atoms with Crippen molar-refractivity contribution in [2.45, 2.75) is 26.3 Å². The molecule has 1 saturated heterocycles. The molecule has 0 unspecified atom stereocenters. The molecular formula is C21H24FN5O2S. The van der Waals surface area contributed by atoms with E-state index in [1.807, 2.05) is 19.2 Å². The first-order valence-electron chi connectivity index (χ1n) is 9.91. The number of hydrogen-bond donors (Lipinski definition) is 1. The first-order valence-corrected chi connectivity index (χ1v) is 10.8. The van der Waals surface area contributed by atoms with Crippen LogP contribution in [0.25, 0.3) is 5.69 Å². The molecule has 0 radical (unpaired) electrons. The van der Waals surface area contributed by atoms with E-state index >= 15 is 0 Å². The number of carbonyl (C=O) groups is 1. The molecule has 3 heterocycles. The largest absolute Gasteiger partial charge is 0.379 e. The number of halogens is 1. The maximum absolute atomic E-state index is 13.3. The zero-order valence-corrected chi connectivity index (χ0v) is 17.8. The summed E-state index contributed by atoms with van der Waals surface area (Å²) >= 11 is 1.41. The minimum Gasteiger partial charge on any atom is -0.379 e. The molecule has 0 spiro atoms. The number of aromatic nitrogens is 3. The third kappa shape index (κ3) is 4.58. The fourth-order valence-corrected chi connectivity index (χ4v) is 4.16. The average molecular weight is 430 g/mol. The Kier molecular flexibility index (Phi) is 6.21. The van der Waals surface area contributed by atoms with Crippen molar-refractivity contribution in [1.82, 2.24) is 19.7 Å². The predicted octanol–water partition coefficient (Wildman–Crippen LogP) is 3.68. The van der Waals surface area contributed by atoms with E-state index in [1.165, 1.54) is 23.5 Å². The number of thiazole rings is 1. The Morgan fingerprint density at radius 2 is 2.00 bits per heavy atom. The molecule has 4 rings (SSSR count). The summed E-state index contributed by atoms with van der Waals surface area (Å²) in [5, 5.41) is 9.81. The van der Waals surface area contributed by atoms with Gasteiger partial charge in [-0.25, -0.2) is 14.1 Å². The Hall–Kier alpha value is -2.62. The van der Waals surface area contributed by atoms with Crippen molar-refractivity contribution in [3.63, 3.8) is 0 Å². The zero-order valence-electron chi connectivity index (χ0n) is 17.0. The van der Waals surface area contributed by atoms with Gasteiger partial charge in [0.1, 0.15) is 5.82 Å². The van der Waals surface area contributed by atoms with Gasteiger partial charge in [-0.2, -0.15) is 5.10 Å². The van der Waals surface area contributed by atoms with E-state index in [9.17, 15) is 9.18 Å². The van der Waals surface area contributed by atoms with Crippen molar-refractivity contribution < 1.29 is 13.9 Å². The van der Waals surface area contributed by atoms with Crippen LogP contribution in [0.5, 0.6) is 0 Å². The Labute approximate surface area is 178 Å². The number of morpholine rings is 1. The molecule has 30 heavy (non-hydrogen) atoms. The van der Waals surface area contributed by atoms with E-state index < -0.39 is 0 Å². The summed E-state index contributed by atoms with van der Waals surface area (Å²) < 4.78 is 20.3. The van der Waals surface area contributed by atoms with Crippen molar-refractivity contribution in [2.75, 3.05) is 31.6 Å². The van der Waals surface area contributed by atoms with Gasteiger partial charge in [0.05, 0.1) is 42.0 Å². The highest BCUT2D eigenvalue weighted by Crippen LogP contribution is 2.25. The predicted molar refractivity (Wildman–Crippen MR) is 114 cm³/mol. The molecule has 0 atom stereocenters. The molecule has 1 aliphatic rings. The highest BCUT2D eigenvalue weighted by molar-refractivity contribution is 7.14. The van der Waals surface area contributed by atoms with Crippen molar-refractivity contribution in [3.8, 4) is 5.69 Å². The van der Waals surface area contributed by atoms with Crippen molar-refractivity contribution >= 4 is 22.4 Å². The summed E-state index contributed by atoms with van der Waals surface area (Å²) in [4.78, 5) is 19.8. The van der Waals surface area contributed by atoms with Gasteiger partial charge in [-0.15, -0.1) is 11.3 Å². The number of nitrogens with zero attached hydrogens (tertiary/aromatic N) is 4. The van der Waals surface area contributed by atoms with Crippen LogP contribution in [0.1, 0.15) is 41.5 Å². The number of rotatable bonds is 6. The van der Waals surface area contributed by atoms with Gasteiger partial charge in [0.25, 0.3) is 5.91 Å². The molecule has 1 aromatic carbocycles. The summed E-state index contributed by atoms with van der Waals surface area (Å²) in [6.07, 6.45) is 1.55. The Morgan fingerprint density at radius 3 is 2.70 bits per heavy atom. The number of anilines is 1. The van der Waals surface area contributed by atoms with E-state index in [2.05, 4.69) is 20.3 Å². The average Bonchev–Trinajstić information content (AvgIpc) is 3.36. The molecule has 7 nitrogen and oxygen atoms in total. The van der Waals surface area contributed by atoms with Crippen LogP contribution >= 0.6 is 11.3 Å². The summed E-state index contributed by atoms with van der Waals surface area (Å²) in [6, 6.07) is 6.06. The van der Waals surface area contributed by atoms with Gasteiger partial charge in [-0.3, -0.25) is 15.0 Å². The van der Waals surface area contributed by atoms with E-state index in [0.717, 1.165) is 44.2 Å². The third-order valence-electron chi connectivity index (χ3n) is 4.93. The second-order valence-corrected chi connectivity index (χ2v) is 8.33. The molecule has 1 aliphatic heterocycles. The van der Waals surface area contributed by atoms with Crippen LogP contribution in [0, 0.1) is 5.82 Å². The lowest BCUT2D eigenvalue weighted by molar-refractivity contribution is 0.0337. The van der Waals surface area contributed by atoms with Crippen molar-refractivity contribution in [3.05, 3.63) is 58.6 Å². The fourth-order valence-electron chi connectivity index (χ4n) is 3.47. The van der Waals surface area contributed by atoms with Gasteiger partial charge < -0.3 is 4.74 Å². The monoisotopic (exact) mass is 429 g/mol. The lowest BCUT2D eigenvalue weighted by Crippen LogP contribution is -2.35. The molecule has 0 saturated carbocycles. The lowest BCUT2D eigenvalue weighted by Gasteiger charge is -2.25. The minimum atomic E-state index is -0.313. The first-order chi connectivity index (χ1) is 14.5. The van der Waals surface area contributed by atoms with Gasteiger partial charge >= 0.3 is 0 Å². The second-order valence-electron chi connectivity index (χ2n) is 7.47. The normalized spacial score (nSPS) is 14.9. The number of nitrogens with one attached hydrogen (secondary N) is 1. The second kappa shape index (κ2) is 9.03. The molecule has 3 aromatic rings. The van der Waals surface area contributed by atoms with Crippen LogP contribution in [-0.2, 0) is 11.3 Å². The Morgan fingerprint density at radius 1 is 1.27 bits per heavy atom. The molecule has 1 amide bonds. The van der Waals surface area contributed by atoms with Crippen LogP contribution < -0.4 is 5.32 Å². The summed E-state index contributed by atoms with van der Waals surface area (Å²) in [5.74, 6) is -0.516. The van der Waals surface area contributed by atoms with Crippen LogP contribution in [-0.4, -0.2) is 51.9 Å². The maximum atomic E-state index is 13.3. The van der Waals surface area contributed by atoms with Gasteiger partial charge in [0.15, 0.2) is 5.13 Å². The Bertz CT molecular complexity index is 1010. The number of amides is 1. The number of hydrogen-bond acceptors (Lipinski definition) is 6. The first kappa shape index (κ1) is 20.6. The molecule has 0 aliphatic carbocycles. The Balaban J connectivity index is 1.50. The van der Waals surface area contributed by atoms with Gasteiger partial charge in [-0.1, -0.05) is 13.8 Å². The quantitative estimate of drug-likeness (QED) is 0.647. The van der Waals surface area contributed by atoms with Gasteiger partial charge in [0.2, 0.25) is 0 Å². The van der Waals surface area contributed by atoms with E-state index in [0.29, 0.717) is 16.4 Å². The summed E-state index contributed by atoms with van der Waals surface area (Å²) in [6.45, 7) is 8.00. The highest BCUT2D eigenvalue weighted by Gasteiger charge is 2.22.